The number of nitrogens with one attached hydrogen (secondary N) is 1. The highest BCUT2D eigenvalue weighted by Crippen LogP contribution is 2.48. The predicted molar refractivity (Wildman–Crippen MR) is 157 cm³/mol. The number of ether oxygens (including phenoxy) is 1. The first-order valence-corrected chi connectivity index (χ1v) is 15.5. The Bertz CT molecular complexity index is 1210. The second kappa shape index (κ2) is 12.3. The third-order valence-corrected chi connectivity index (χ3v) is 8.77. The van der Waals surface area contributed by atoms with Crippen molar-refractivity contribution in [2.24, 2.45) is 5.92 Å². The number of pyridine rings is 2. The minimum Gasteiger partial charge on any atom is -0.459 e. The number of anilines is 1. The average Bonchev–Trinajstić information content (AvgIpc) is 3.39. The number of rotatable bonds is 10. The third-order valence-electron chi connectivity index (χ3n) is 8.77. The van der Waals surface area contributed by atoms with E-state index in [1.807, 2.05) is 32.9 Å². The maximum Gasteiger partial charge on any atom is 0.328 e. The van der Waals surface area contributed by atoms with Crippen molar-refractivity contribution < 1.29 is 18.3 Å². The van der Waals surface area contributed by atoms with Crippen LogP contribution in [0.15, 0.2) is 30.5 Å². The average molecular weight is 569 g/mol. The molecule has 2 aromatic heterocycles. The molecule has 0 bridgehead atoms. The lowest BCUT2D eigenvalue weighted by molar-refractivity contribution is -0.161. The Hall–Kier alpha value is -2.61. The van der Waals surface area contributed by atoms with Crippen molar-refractivity contribution in [2.45, 2.75) is 115 Å². The summed E-state index contributed by atoms with van der Waals surface area (Å²) in [6, 6.07) is 7.34. The molecule has 1 saturated carbocycles. The van der Waals surface area contributed by atoms with Crippen molar-refractivity contribution in [3.05, 3.63) is 53.0 Å². The van der Waals surface area contributed by atoms with Gasteiger partial charge in [-0.3, -0.25) is 9.88 Å². The molecule has 224 valence electrons. The lowest BCUT2D eigenvalue weighted by Crippen LogP contribution is -2.40. The van der Waals surface area contributed by atoms with Crippen LogP contribution in [0.25, 0.3) is 0 Å². The second-order valence-corrected chi connectivity index (χ2v) is 13.6. The van der Waals surface area contributed by atoms with Crippen LogP contribution in [0.3, 0.4) is 0 Å². The van der Waals surface area contributed by atoms with Crippen LogP contribution >= 0.6 is 0 Å². The van der Waals surface area contributed by atoms with Crippen molar-refractivity contribution in [2.75, 3.05) is 25.0 Å². The van der Waals surface area contributed by atoms with Crippen molar-refractivity contribution in [3.8, 4) is 0 Å². The molecule has 0 spiro atoms. The summed E-state index contributed by atoms with van der Waals surface area (Å²) in [7, 11) is 0. The molecule has 0 radical (unpaired) electrons. The van der Waals surface area contributed by atoms with E-state index in [9.17, 15) is 9.18 Å². The van der Waals surface area contributed by atoms with Gasteiger partial charge in [-0.2, -0.15) is 0 Å². The molecule has 1 N–H and O–H groups in total. The van der Waals surface area contributed by atoms with Crippen LogP contribution < -0.4 is 5.32 Å². The number of hydrogen-bond donors (Lipinski definition) is 1. The number of unbranched alkanes of at least 4 members (excludes halogenated alkanes) is 1. The molecular formula is C33H46F2N4O2. The quantitative estimate of drug-likeness (QED) is 0.249. The number of likely N-dealkylation sites (tertiary alicyclic amines) is 1. The van der Waals surface area contributed by atoms with E-state index in [1.54, 1.807) is 13.1 Å². The molecule has 4 heterocycles. The molecule has 2 aliphatic heterocycles. The van der Waals surface area contributed by atoms with Crippen molar-refractivity contribution in [1.29, 1.82) is 0 Å². The van der Waals surface area contributed by atoms with Gasteiger partial charge >= 0.3 is 5.97 Å². The van der Waals surface area contributed by atoms with Gasteiger partial charge in [0.05, 0.1) is 0 Å². The minimum absolute atomic E-state index is 0.0288. The highest BCUT2D eigenvalue weighted by Gasteiger charge is 2.45. The molecule has 41 heavy (non-hydrogen) atoms. The van der Waals surface area contributed by atoms with Crippen LogP contribution in [0.4, 0.5) is 14.6 Å². The molecular weight excluding hydrogens is 522 g/mol. The molecule has 8 heteroatoms. The number of aromatic nitrogens is 2. The van der Waals surface area contributed by atoms with Crippen molar-refractivity contribution in [1.82, 2.24) is 14.9 Å². The number of esters is 1. The number of carbonyl (C=O) groups excluding carboxylic acids is 1. The highest BCUT2D eigenvalue weighted by atomic mass is 19.1. The first-order chi connectivity index (χ1) is 19.5. The van der Waals surface area contributed by atoms with Gasteiger partial charge in [-0.15, -0.1) is 0 Å². The Morgan fingerprint density at radius 1 is 1.24 bits per heavy atom. The molecule has 5 rings (SSSR count). The Kier molecular flexibility index (Phi) is 8.98. The van der Waals surface area contributed by atoms with Gasteiger partial charge in [-0.25, -0.2) is 18.6 Å². The molecule has 0 amide bonds. The Labute approximate surface area is 243 Å². The van der Waals surface area contributed by atoms with Crippen LogP contribution in [0.1, 0.15) is 107 Å². The summed E-state index contributed by atoms with van der Waals surface area (Å²) < 4.78 is 35.8. The molecule has 2 fully saturated rings. The monoisotopic (exact) mass is 568 g/mol. The van der Waals surface area contributed by atoms with Gasteiger partial charge in [0.25, 0.3) is 0 Å². The zero-order valence-corrected chi connectivity index (χ0v) is 25.1. The Balaban J connectivity index is 1.20. The molecule has 1 aliphatic carbocycles. The van der Waals surface area contributed by atoms with E-state index in [4.69, 9.17) is 9.72 Å². The fourth-order valence-electron chi connectivity index (χ4n) is 6.73. The van der Waals surface area contributed by atoms with Gasteiger partial charge in [0, 0.05) is 48.1 Å². The van der Waals surface area contributed by atoms with E-state index in [2.05, 4.69) is 27.3 Å². The molecule has 3 aliphatic rings. The highest BCUT2D eigenvalue weighted by molar-refractivity contribution is 5.78. The molecule has 2 aromatic rings. The first-order valence-electron chi connectivity index (χ1n) is 15.5. The van der Waals surface area contributed by atoms with E-state index in [-0.39, 0.29) is 17.8 Å². The number of carbonyl (C=O) groups is 1. The topological polar surface area (TPSA) is 67.3 Å². The van der Waals surface area contributed by atoms with Gasteiger partial charge in [-0.1, -0.05) is 18.6 Å². The van der Waals surface area contributed by atoms with Crippen LogP contribution in [0, 0.1) is 5.92 Å². The lowest BCUT2D eigenvalue weighted by atomic mass is 9.70. The fraction of sp³-hybridized carbons (Fsp3) is 0.667. The molecule has 1 saturated heterocycles. The maximum absolute atomic E-state index is 15.5. The maximum atomic E-state index is 15.5. The van der Waals surface area contributed by atoms with E-state index >= 15 is 4.39 Å². The summed E-state index contributed by atoms with van der Waals surface area (Å²) in [5.41, 5.74) is 2.03. The largest absolute Gasteiger partial charge is 0.459 e. The number of nitrogens with zero attached hydrogens (tertiary/aromatic N) is 3. The van der Waals surface area contributed by atoms with Gasteiger partial charge < -0.3 is 10.1 Å². The Morgan fingerprint density at radius 3 is 2.80 bits per heavy atom. The number of aryl methyl sites for hydroxylation is 2. The molecule has 6 nitrogen and oxygen atoms in total. The second-order valence-electron chi connectivity index (χ2n) is 13.6. The van der Waals surface area contributed by atoms with Crippen molar-refractivity contribution in [3.63, 3.8) is 0 Å². The summed E-state index contributed by atoms with van der Waals surface area (Å²) in [5.74, 6) is 0.496. The fourth-order valence-corrected chi connectivity index (χ4v) is 6.73. The third kappa shape index (κ3) is 7.43. The van der Waals surface area contributed by atoms with Gasteiger partial charge in [-0.05, 0) is 103 Å². The normalized spacial score (nSPS) is 26.0. The zero-order chi connectivity index (χ0) is 29.2. The van der Waals surface area contributed by atoms with Gasteiger partial charge in [0.1, 0.15) is 29.3 Å². The number of halogens is 2. The summed E-state index contributed by atoms with van der Waals surface area (Å²) in [6.07, 6.45) is 7.54. The summed E-state index contributed by atoms with van der Waals surface area (Å²) in [6.45, 7) is 9.25. The van der Waals surface area contributed by atoms with Crippen molar-refractivity contribution >= 4 is 11.8 Å². The summed E-state index contributed by atoms with van der Waals surface area (Å²) in [4.78, 5) is 25.0. The number of alkyl halides is 2. The standard InChI is InChI=1S/C33H46F2N4O2/c1-32(2,3)41-31(40)29(26-11-8-16-36-28(26)24-19-33(4,35)20-24)39-18-15-23(21-39)27(34)12-6-5-10-25-14-13-22-9-7-17-37-30(22)38-25/h8,11,13-14,16,23-24,27,29H,5-7,9-10,12,15,17-21H2,1-4H3,(H,37,38)/t23-,24?,27?,29?,33?/m1/s1. The first kappa shape index (κ1) is 29.9. The van der Waals surface area contributed by atoms with E-state index in [1.165, 1.54) is 5.56 Å². The SMILES string of the molecule is CC1(F)CC(c2ncccc2C(C(=O)OC(C)(C)C)N2CC[C@@H](C(F)CCCCc3ccc4c(n3)NCCC4)C2)C1. The van der Waals surface area contributed by atoms with Gasteiger partial charge in [0.15, 0.2) is 0 Å². The number of fused-ring (bicyclic) bond motifs is 1. The van der Waals surface area contributed by atoms with Crippen LogP contribution in [-0.4, -0.2) is 57.9 Å². The zero-order valence-electron chi connectivity index (χ0n) is 25.1. The van der Waals surface area contributed by atoms with Crippen LogP contribution in [0.5, 0.6) is 0 Å². The predicted octanol–water partition coefficient (Wildman–Crippen LogP) is 6.90. The minimum atomic E-state index is -1.20. The van der Waals surface area contributed by atoms with Crippen LogP contribution in [0.2, 0.25) is 0 Å². The molecule has 0 aromatic carbocycles. The molecule has 2 unspecified atom stereocenters. The van der Waals surface area contributed by atoms with Gasteiger partial charge in [0.2, 0.25) is 0 Å². The van der Waals surface area contributed by atoms with E-state index < -0.39 is 23.5 Å². The summed E-state index contributed by atoms with van der Waals surface area (Å²) in [5, 5.41) is 3.38. The van der Waals surface area contributed by atoms with E-state index in [0.717, 1.165) is 61.4 Å². The number of hydrogen-bond acceptors (Lipinski definition) is 6. The van der Waals surface area contributed by atoms with E-state index in [0.29, 0.717) is 38.8 Å². The smallest absolute Gasteiger partial charge is 0.328 e. The lowest BCUT2D eigenvalue weighted by Gasteiger charge is -2.40. The summed E-state index contributed by atoms with van der Waals surface area (Å²) >= 11 is 0. The Morgan fingerprint density at radius 2 is 2.05 bits per heavy atom. The van der Waals surface area contributed by atoms with Crippen LogP contribution in [-0.2, 0) is 22.4 Å². The molecule has 3 atom stereocenters.